The predicted molar refractivity (Wildman–Crippen MR) is 93.9 cm³/mol. The number of esters is 1. The molecular weight excluding hydrogens is 326 g/mol. The van der Waals surface area contributed by atoms with Crippen molar-refractivity contribution < 1.29 is 29.0 Å². The number of amides is 1. The number of rotatable bonds is 12. The van der Waals surface area contributed by atoms with Gasteiger partial charge in [0, 0.05) is 19.9 Å². The van der Waals surface area contributed by atoms with Gasteiger partial charge in [0.25, 0.3) is 0 Å². The van der Waals surface area contributed by atoms with Gasteiger partial charge in [-0.2, -0.15) is 0 Å². The number of carboxylic acid groups (broad SMARTS) is 1. The molecule has 25 heavy (non-hydrogen) atoms. The molecule has 1 amide bonds. The van der Waals surface area contributed by atoms with E-state index in [1.807, 2.05) is 0 Å². The summed E-state index contributed by atoms with van der Waals surface area (Å²) in [6.45, 7) is 9.56. The maximum Gasteiger partial charge on any atom is 0.410 e. The molecule has 0 rings (SSSR count). The molecule has 0 aliphatic rings. The first-order valence-electron chi connectivity index (χ1n) is 8.98. The quantitative estimate of drug-likeness (QED) is 0.314. The fourth-order valence-electron chi connectivity index (χ4n) is 2.47. The molecule has 0 saturated carbocycles. The third-order valence-corrected chi connectivity index (χ3v) is 3.66. The highest BCUT2D eigenvalue weighted by Crippen LogP contribution is 2.22. The normalized spacial score (nSPS) is 13.4. The molecule has 0 fully saturated rings. The molecule has 7 nitrogen and oxygen atoms in total. The summed E-state index contributed by atoms with van der Waals surface area (Å²) in [5.74, 6) is -0.637. The van der Waals surface area contributed by atoms with E-state index in [-0.39, 0.29) is 12.3 Å². The summed E-state index contributed by atoms with van der Waals surface area (Å²) in [4.78, 5) is 33.8. The highest BCUT2D eigenvalue weighted by atomic mass is 16.7. The van der Waals surface area contributed by atoms with Crippen LogP contribution in [0.15, 0.2) is 0 Å². The highest BCUT2D eigenvalue weighted by Gasteiger charge is 2.17. The fourth-order valence-corrected chi connectivity index (χ4v) is 2.47. The average Bonchev–Trinajstić information content (AvgIpc) is 2.47. The molecule has 0 aliphatic carbocycles. The second kappa shape index (κ2) is 12.6. The number of hydrogen-bond donors (Lipinski definition) is 2. The summed E-state index contributed by atoms with van der Waals surface area (Å²) < 4.78 is 9.90. The minimum atomic E-state index is -0.931. The molecule has 0 radical (unpaired) electrons. The minimum Gasteiger partial charge on any atom is -0.481 e. The van der Waals surface area contributed by atoms with Crippen molar-refractivity contribution >= 4 is 18.0 Å². The number of carboxylic acids is 1. The van der Waals surface area contributed by atoms with E-state index in [2.05, 4.69) is 19.2 Å². The van der Waals surface area contributed by atoms with Gasteiger partial charge in [0.15, 0.2) is 0 Å². The summed E-state index contributed by atoms with van der Waals surface area (Å²) in [5.41, 5.74) is 0. The minimum absolute atomic E-state index is 0.172. The molecule has 2 N–H and O–H groups in total. The Morgan fingerprint density at radius 2 is 1.64 bits per heavy atom. The topological polar surface area (TPSA) is 102 Å². The van der Waals surface area contributed by atoms with E-state index < -0.39 is 24.3 Å². The van der Waals surface area contributed by atoms with E-state index in [0.717, 1.165) is 19.3 Å². The lowest BCUT2D eigenvalue weighted by molar-refractivity contribution is -0.168. The van der Waals surface area contributed by atoms with E-state index >= 15 is 0 Å². The molecule has 0 aromatic carbocycles. The SMILES string of the molecule is CC(C)C[C@H](CCCNC(=O)O[C@H](C)OC(=O)C(C)C)CCC(=O)O. The van der Waals surface area contributed by atoms with Crippen LogP contribution in [-0.2, 0) is 19.1 Å². The van der Waals surface area contributed by atoms with Gasteiger partial charge in [0.05, 0.1) is 5.92 Å². The Morgan fingerprint density at radius 3 is 2.16 bits per heavy atom. The second-order valence-corrected chi connectivity index (χ2v) is 7.06. The number of carbonyl (C=O) groups is 3. The van der Waals surface area contributed by atoms with Crippen LogP contribution in [0.1, 0.15) is 66.7 Å². The van der Waals surface area contributed by atoms with E-state index in [0.29, 0.717) is 24.8 Å². The number of carbonyl (C=O) groups excluding carboxylic acids is 2. The number of aliphatic carboxylic acids is 1. The Hall–Kier alpha value is -1.79. The fraction of sp³-hybridized carbons (Fsp3) is 0.833. The molecule has 0 aliphatic heterocycles. The number of hydrogen-bond acceptors (Lipinski definition) is 5. The van der Waals surface area contributed by atoms with Crippen LogP contribution in [0, 0.1) is 17.8 Å². The molecule has 146 valence electrons. The molecule has 0 bridgehead atoms. The lowest BCUT2D eigenvalue weighted by Crippen LogP contribution is -2.31. The summed E-state index contributed by atoms with van der Waals surface area (Å²) >= 11 is 0. The van der Waals surface area contributed by atoms with Crippen LogP contribution >= 0.6 is 0 Å². The van der Waals surface area contributed by atoms with Gasteiger partial charge in [-0.3, -0.25) is 9.59 Å². The first-order valence-corrected chi connectivity index (χ1v) is 8.98. The van der Waals surface area contributed by atoms with Crippen molar-refractivity contribution in [2.45, 2.75) is 73.0 Å². The number of nitrogens with one attached hydrogen (secondary N) is 1. The van der Waals surface area contributed by atoms with E-state index in [4.69, 9.17) is 14.6 Å². The summed E-state index contributed by atoms with van der Waals surface area (Å²) in [7, 11) is 0. The predicted octanol–water partition coefficient (Wildman–Crippen LogP) is 3.57. The van der Waals surface area contributed by atoms with Gasteiger partial charge < -0.3 is 19.9 Å². The molecule has 0 heterocycles. The van der Waals surface area contributed by atoms with Crippen LogP contribution in [0.2, 0.25) is 0 Å². The first kappa shape index (κ1) is 23.2. The van der Waals surface area contributed by atoms with Crippen LogP contribution in [0.5, 0.6) is 0 Å². The average molecular weight is 359 g/mol. The van der Waals surface area contributed by atoms with Gasteiger partial charge in [-0.15, -0.1) is 0 Å². The summed E-state index contributed by atoms with van der Waals surface area (Å²) in [6, 6.07) is 0. The van der Waals surface area contributed by atoms with Crippen molar-refractivity contribution in [3.05, 3.63) is 0 Å². The van der Waals surface area contributed by atoms with E-state index in [1.165, 1.54) is 6.92 Å². The van der Waals surface area contributed by atoms with Gasteiger partial charge in [0.1, 0.15) is 0 Å². The van der Waals surface area contributed by atoms with Crippen LogP contribution in [0.4, 0.5) is 4.79 Å². The Bertz CT molecular complexity index is 422. The standard InChI is InChI=1S/C18H33NO6/c1-12(2)11-15(8-9-16(20)21)7-6-10-19-18(23)25-14(5)24-17(22)13(3)4/h12-15H,6-11H2,1-5H3,(H,19,23)(H,20,21)/t14-,15-/m1/s1. The third-order valence-electron chi connectivity index (χ3n) is 3.66. The largest absolute Gasteiger partial charge is 0.481 e. The molecule has 0 aromatic heterocycles. The lowest BCUT2D eigenvalue weighted by atomic mass is 9.89. The Morgan fingerprint density at radius 1 is 1.00 bits per heavy atom. The number of ether oxygens (including phenoxy) is 2. The van der Waals surface area contributed by atoms with Crippen molar-refractivity contribution in [1.82, 2.24) is 5.32 Å². The van der Waals surface area contributed by atoms with E-state index in [9.17, 15) is 14.4 Å². The smallest absolute Gasteiger partial charge is 0.410 e. The van der Waals surface area contributed by atoms with Crippen molar-refractivity contribution in [2.75, 3.05) is 6.54 Å². The van der Waals surface area contributed by atoms with Gasteiger partial charge in [-0.05, 0) is 37.5 Å². The third kappa shape index (κ3) is 13.2. The van der Waals surface area contributed by atoms with Gasteiger partial charge in [0.2, 0.25) is 6.29 Å². The van der Waals surface area contributed by atoms with Crippen LogP contribution in [0.25, 0.3) is 0 Å². The van der Waals surface area contributed by atoms with Gasteiger partial charge >= 0.3 is 18.0 Å². The van der Waals surface area contributed by atoms with Crippen molar-refractivity contribution in [3.63, 3.8) is 0 Å². The van der Waals surface area contributed by atoms with Crippen LogP contribution < -0.4 is 5.32 Å². The maximum absolute atomic E-state index is 11.6. The zero-order valence-electron chi connectivity index (χ0n) is 16.0. The molecule has 0 saturated heterocycles. The van der Waals surface area contributed by atoms with Gasteiger partial charge in [-0.1, -0.05) is 27.7 Å². The molecule has 7 heteroatoms. The van der Waals surface area contributed by atoms with Crippen LogP contribution in [-0.4, -0.2) is 36.0 Å². The zero-order valence-corrected chi connectivity index (χ0v) is 16.0. The Balaban J connectivity index is 4.03. The Kier molecular flexibility index (Phi) is 11.7. The summed E-state index contributed by atoms with van der Waals surface area (Å²) in [5, 5.41) is 11.4. The summed E-state index contributed by atoms with van der Waals surface area (Å²) in [6.07, 6.45) is 1.83. The van der Waals surface area contributed by atoms with Gasteiger partial charge in [-0.25, -0.2) is 4.79 Å². The number of alkyl carbamates (subject to hydrolysis) is 1. The lowest BCUT2D eigenvalue weighted by Gasteiger charge is -2.19. The molecule has 0 aromatic rings. The van der Waals surface area contributed by atoms with Crippen molar-refractivity contribution in [3.8, 4) is 0 Å². The molecular formula is C18H33NO6. The molecule has 2 atom stereocenters. The monoisotopic (exact) mass is 359 g/mol. The Labute approximate surface area is 150 Å². The van der Waals surface area contributed by atoms with Crippen molar-refractivity contribution in [1.29, 1.82) is 0 Å². The highest BCUT2D eigenvalue weighted by molar-refractivity contribution is 5.72. The first-order chi connectivity index (χ1) is 11.6. The second-order valence-electron chi connectivity index (χ2n) is 7.06. The molecule has 0 spiro atoms. The van der Waals surface area contributed by atoms with Crippen LogP contribution in [0.3, 0.4) is 0 Å². The maximum atomic E-state index is 11.6. The zero-order chi connectivity index (χ0) is 19.4. The van der Waals surface area contributed by atoms with Crippen molar-refractivity contribution in [2.24, 2.45) is 17.8 Å². The van der Waals surface area contributed by atoms with E-state index in [1.54, 1.807) is 13.8 Å². The molecule has 0 unspecified atom stereocenters.